The van der Waals surface area contributed by atoms with Gasteiger partial charge in [0, 0.05) is 34.3 Å². The second kappa shape index (κ2) is 7.03. The Hall–Kier alpha value is -2.37. The quantitative estimate of drug-likeness (QED) is 0.650. The van der Waals surface area contributed by atoms with Crippen LogP contribution in [0.15, 0.2) is 47.8 Å². The van der Waals surface area contributed by atoms with Gasteiger partial charge in [0.2, 0.25) is 5.91 Å². The summed E-state index contributed by atoms with van der Waals surface area (Å²) in [6.07, 6.45) is 0. The molecule has 6 heteroatoms. The van der Waals surface area contributed by atoms with Gasteiger partial charge in [0.25, 0.3) is 0 Å². The molecule has 3 aromatic rings. The average Bonchev–Trinajstić information content (AvgIpc) is 3.00. The molecule has 0 aliphatic carbocycles. The number of carbonyl (C=O) groups is 1. The molecule has 0 saturated carbocycles. The number of nitrogens with zero attached hydrogens (tertiary/aromatic N) is 1. The molecule has 3 rings (SSSR count). The fourth-order valence-electron chi connectivity index (χ4n) is 2.23. The van der Waals surface area contributed by atoms with Crippen molar-refractivity contribution in [3.8, 4) is 11.3 Å². The van der Waals surface area contributed by atoms with E-state index in [0.29, 0.717) is 0 Å². The Labute approximate surface area is 149 Å². The molecular formula is C18H16ClN3OS. The Bertz CT molecular complexity index is 874. The van der Waals surface area contributed by atoms with E-state index in [-0.39, 0.29) is 5.91 Å². The molecule has 1 amide bonds. The maximum absolute atomic E-state index is 11.0. The first-order valence-corrected chi connectivity index (χ1v) is 8.64. The van der Waals surface area contributed by atoms with Crippen molar-refractivity contribution in [3.63, 3.8) is 0 Å². The highest BCUT2D eigenvalue weighted by Crippen LogP contribution is 2.29. The molecule has 0 unspecified atom stereocenters. The van der Waals surface area contributed by atoms with E-state index in [9.17, 15) is 4.79 Å². The highest BCUT2D eigenvalue weighted by molar-refractivity contribution is 7.14. The van der Waals surface area contributed by atoms with Crippen molar-refractivity contribution in [3.05, 3.63) is 58.4 Å². The molecule has 2 aromatic carbocycles. The van der Waals surface area contributed by atoms with E-state index in [4.69, 9.17) is 11.6 Å². The van der Waals surface area contributed by atoms with Crippen molar-refractivity contribution in [1.29, 1.82) is 0 Å². The molecule has 0 fully saturated rings. The first-order valence-electron chi connectivity index (χ1n) is 7.38. The largest absolute Gasteiger partial charge is 0.332 e. The standard InChI is InChI=1S/C18H16ClN3OS/c1-11-9-13(3-8-16(11)19)17-10-24-18(22-17)21-15-6-4-14(5-7-15)20-12(2)23/h3-10H,1-2H3,(H,20,23)(H,21,22). The second-order valence-electron chi connectivity index (χ2n) is 5.39. The van der Waals surface area contributed by atoms with Gasteiger partial charge in [-0.15, -0.1) is 11.3 Å². The van der Waals surface area contributed by atoms with E-state index in [1.54, 1.807) is 0 Å². The van der Waals surface area contributed by atoms with Gasteiger partial charge < -0.3 is 10.6 Å². The predicted molar refractivity (Wildman–Crippen MR) is 101 cm³/mol. The molecule has 0 saturated heterocycles. The van der Waals surface area contributed by atoms with Crippen LogP contribution in [0.2, 0.25) is 5.02 Å². The van der Waals surface area contributed by atoms with Gasteiger partial charge in [-0.05, 0) is 48.9 Å². The lowest BCUT2D eigenvalue weighted by Crippen LogP contribution is -2.05. The first kappa shape index (κ1) is 16.5. The Morgan fingerprint density at radius 3 is 2.50 bits per heavy atom. The number of hydrogen-bond acceptors (Lipinski definition) is 4. The van der Waals surface area contributed by atoms with E-state index >= 15 is 0 Å². The minimum atomic E-state index is -0.0847. The van der Waals surface area contributed by atoms with Gasteiger partial charge in [-0.2, -0.15) is 0 Å². The number of rotatable bonds is 4. The molecular weight excluding hydrogens is 342 g/mol. The lowest BCUT2D eigenvalue weighted by Gasteiger charge is -2.05. The summed E-state index contributed by atoms with van der Waals surface area (Å²) >= 11 is 7.61. The summed E-state index contributed by atoms with van der Waals surface area (Å²) < 4.78 is 0. The number of carbonyl (C=O) groups excluding carboxylic acids is 1. The van der Waals surface area contributed by atoms with Crippen molar-refractivity contribution in [2.45, 2.75) is 13.8 Å². The summed E-state index contributed by atoms with van der Waals surface area (Å²) in [5, 5.41) is 9.59. The van der Waals surface area contributed by atoms with Crippen molar-refractivity contribution in [2.24, 2.45) is 0 Å². The van der Waals surface area contributed by atoms with Crippen LogP contribution in [-0.2, 0) is 4.79 Å². The van der Waals surface area contributed by atoms with Crippen LogP contribution in [-0.4, -0.2) is 10.9 Å². The van der Waals surface area contributed by atoms with Crippen LogP contribution in [0.4, 0.5) is 16.5 Å². The molecule has 0 spiro atoms. The van der Waals surface area contributed by atoms with Gasteiger partial charge in [-0.3, -0.25) is 4.79 Å². The fraction of sp³-hybridized carbons (Fsp3) is 0.111. The van der Waals surface area contributed by atoms with E-state index in [1.165, 1.54) is 18.3 Å². The number of nitrogens with one attached hydrogen (secondary N) is 2. The van der Waals surface area contributed by atoms with E-state index in [2.05, 4.69) is 15.6 Å². The first-order chi connectivity index (χ1) is 11.5. The second-order valence-corrected chi connectivity index (χ2v) is 6.65. The van der Waals surface area contributed by atoms with Crippen LogP contribution in [0.5, 0.6) is 0 Å². The molecule has 24 heavy (non-hydrogen) atoms. The number of aromatic nitrogens is 1. The van der Waals surface area contributed by atoms with Gasteiger partial charge in [-0.1, -0.05) is 17.7 Å². The Kier molecular flexibility index (Phi) is 4.83. The molecule has 0 aliphatic heterocycles. The number of aryl methyl sites for hydroxylation is 1. The molecule has 0 bridgehead atoms. The van der Waals surface area contributed by atoms with E-state index < -0.39 is 0 Å². The van der Waals surface area contributed by atoms with Crippen LogP contribution in [0.3, 0.4) is 0 Å². The smallest absolute Gasteiger partial charge is 0.221 e. The van der Waals surface area contributed by atoms with Crippen LogP contribution < -0.4 is 10.6 Å². The SMILES string of the molecule is CC(=O)Nc1ccc(Nc2nc(-c3ccc(Cl)c(C)c3)cs2)cc1. The zero-order valence-corrected chi connectivity index (χ0v) is 14.8. The number of hydrogen-bond donors (Lipinski definition) is 2. The third-order valence-electron chi connectivity index (χ3n) is 3.41. The van der Waals surface area contributed by atoms with Crippen molar-refractivity contribution >= 4 is 45.4 Å². The van der Waals surface area contributed by atoms with Gasteiger partial charge >= 0.3 is 0 Å². The molecule has 0 radical (unpaired) electrons. The van der Waals surface area contributed by atoms with Crippen molar-refractivity contribution in [2.75, 3.05) is 10.6 Å². The normalized spacial score (nSPS) is 10.5. The minimum absolute atomic E-state index is 0.0847. The summed E-state index contributed by atoms with van der Waals surface area (Å²) in [6.45, 7) is 3.47. The van der Waals surface area contributed by atoms with Crippen LogP contribution in [0.1, 0.15) is 12.5 Å². The number of thiazole rings is 1. The third-order valence-corrected chi connectivity index (χ3v) is 4.60. The summed E-state index contributed by atoms with van der Waals surface area (Å²) in [5.41, 5.74) is 4.67. The van der Waals surface area contributed by atoms with Crippen LogP contribution >= 0.6 is 22.9 Å². The van der Waals surface area contributed by atoms with Crippen LogP contribution in [0, 0.1) is 6.92 Å². The summed E-state index contributed by atoms with van der Waals surface area (Å²) in [6, 6.07) is 13.4. The predicted octanol–water partition coefficient (Wildman–Crippen LogP) is 5.47. The third kappa shape index (κ3) is 3.93. The molecule has 4 nitrogen and oxygen atoms in total. The number of anilines is 3. The molecule has 2 N–H and O–H groups in total. The lowest BCUT2D eigenvalue weighted by atomic mass is 10.1. The minimum Gasteiger partial charge on any atom is -0.332 e. The Morgan fingerprint density at radius 2 is 1.83 bits per heavy atom. The number of amides is 1. The zero-order chi connectivity index (χ0) is 17.1. The topological polar surface area (TPSA) is 54.0 Å². The molecule has 1 aromatic heterocycles. The molecule has 1 heterocycles. The Balaban J connectivity index is 1.73. The molecule has 122 valence electrons. The Morgan fingerprint density at radius 1 is 1.12 bits per heavy atom. The van der Waals surface area contributed by atoms with Crippen LogP contribution in [0.25, 0.3) is 11.3 Å². The maximum Gasteiger partial charge on any atom is 0.221 e. The maximum atomic E-state index is 11.0. The fourth-order valence-corrected chi connectivity index (χ4v) is 3.09. The van der Waals surface area contributed by atoms with E-state index in [1.807, 2.05) is 54.8 Å². The van der Waals surface area contributed by atoms with Gasteiger partial charge in [0.15, 0.2) is 5.13 Å². The average molecular weight is 358 g/mol. The summed E-state index contributed by atoms with van der Waals surface area (Å²) in [7, 11) is 0. The van der Waals surface area contributed by atoms with Gasteiger partial charge in [0.1, 0.15) is 0 Å². The summed E-state index contributed by atoms with van der Waals surface area (Å²) in [4.78, 5) is 15.6. The highest BCUT2D eigenvalue weighted by atomic mass is 35.5. The molecule has 0 aliphatic rings. The summed E-state index contributed by atoms with van der Waals surface area (Å²) in [5.74, 6) is -0.0847. The monoisotopic (exact) mass is 357 g/mol. The number of halogens is 1. The van der Waals surface area contributed by atoms with Gasteiger partial charge in [-0.25, -0.2) is 4.98 Å². The number of benzene rings is 2. The van der Waals surface area contributed by atoms with E-state index in [0.717, 1.165) is 38.3 Å². The van der Waals surface area contributed by atoms with Crippen molar-refractivity contribution in [1.82, 2.24) is 4.98 Å². The van der Waals surface area contributed by atoms with Gasteiger partial charge in [0.05, 0.1) is 5.69 Å². The lowest BCUT2D eigenvalue weighted by molar-refractivity contribution is -0.114. The highest BCUT2D eigenvalue weighted by Gasteiger charge is 2.06. The zero-order valence-electron chi connectivity index (χ0n) is 13.3. The molecule has 0 atom stereocenters. The van der Waals surface area contributed by atoms with Crippen molar-refractivity contribution < 1.29 is 4.79 Å².